The van der Waals surface area contributed by atoms with Crippen LogP contribution in [0.3, 0.4) is 0 Å². The van der Waals surface area contributed by atoms with Crippen LogP contribution in [0.25, 0.3) is 0 Å². The molecule has 3 rings (SSSR count). The average Bonchev–Trinajstić information content (AvgIpc) is 3.01. The van der Waals surface area contributed by atoms with Gasteiger partial charge in [-0.15, -0.1) is 10.2 Å². The number of hydrogen-bond donors (Lipinski definition) is 1. The van der Waals surface area contributed by atoms with Gasteiger partial charge in [0.05, 0.1) is 7.11 Å². The Bertz CT molecular complexity index is 563. The summed E-state index contributed by atoms with van der Waals surface area (Å²) in [5.41, 5.74) is 0.909. The number of ether oxygens (including phenoxy) is 1. The molecule has 0 bridgehead atoms. The molecule has 106 valence electrons. The number of nitrogens with one attached hydrogen (secondary N) is 1. The van der Waals surface area contributed by atoms with Crippen LogP contribution in [-0.2, 0) is 0 Å². The number of methoxy groups -OCH3 is 1. The lowest BCUT2D eigenvalue weighted by Gasteiger charge is -2.30. The van der Waals surface area contributed by atoms with E-state index in [1.54, 1.807) is 7.11 Å². The maximum Gasteiger partial charge on any atom is 0.228 e. The minimum atomic E-state index is 0.358. The molecule has 0 radical (unpaired) electrons. The van der Waals surface area contributed by atoms with Gasteiger partial charge in [0.2, 0.25) is 11.8 Å². The number of aromatic nitrogens is 6. The van der Waals surface area contributed by atoms with Crippen molar-refractivity contribution in [2.45, 2.75) is 25.7 Å². The molecular weight excluding hydrogens is 258 g/mol. The number of rotatable bonds is 3. The van der Waals surface area contributed by atoms with Crippen LogP contribution in [0.15, 0.2) is 6.07 Å². The van der Waals surface area contributed by atoms with Gasteiger partial charge in [0.1, 0.15) is 0 Å². The Morgan fingerprint density at radius 1 is 1.30 bits per heavy atom. The SMILES string of the molecule is COc1cc(C)nc(N2CCC(c3nn[nH]n3)CC2)n1. The molecule has 0 saturated carbocycles. The lowest BCUT2D eigenvalue weighted by molar-refractivity contribution is 0.394. The van der Waals surface area contributed by atoms with E-state index in [1.165, 1.54) is 0 Å². The molecule has 3 heterocycles. The minimum absolute atomic E-state index is 0.358. The third-order valence-corrected chi connectivity index (χ3v) is 3.53. The Kier molecular flexibility index (Phi) is 3.44. The zero-order valence-electron chi connectivity index (χ0n) is 11.6. The largest absolute Gasteiger partial charge is 0.481 e. The monoisotopic (exact) mass is 275 g/mol. The van der Waals surface area contributed by atoms with Crippen LogP contribution in [0, 0.1) is 6.92 Å². The molecule has 1 saturated heterocycles. The maximum absolute atomic E-state index is 5.20. The summed E-state index contributed by atoms with van der Waals surface area (Å²) in [6, 6.07) is 1.83. The smallest absolute Gasteiger partial charge is 0.228 e. The Hall–Kier alpha value is -2.25. The molecule has 0 unspecified atom stereocenters. The van der Waals surface area contributed by atoms with Gasteiger partial charge in [-0.25, -0.2) is 4.98 Å². The molecule has 1 N–H and O–H groups in total. The average molecular weight is 275 g/mol. The predicted molar refractivity (Wildman–Crippen MR) is 71.7 cm³/mol. The summed E-state index contributed by atoms with van der Waals surface area (Å²) >= 11 is 0. The van der Waals surface area contributed by atoms with Crippen molar-refractivity contribution in [1.82, 2.24) is 30.6 Å². The molecule has 0 atom stereocenters. The van der Waals surface area contributed by atoms with Gasteiger partial charge in [0, 0.05) is 30.8 Å². The van der Waals surface area contributed by atoms with E-state index in [1.807, 2.05) is 13.0 Å². The van der Waals surface area contributed by atoms with E-state index < -0.39 is 0 Å². The number of aromatic amines is 1. The summed E-state index contributed by atoms with van der Waals surface area (Å²) in [5, 5.41) is 14.2. The van der Waals surface area contributed by atoms with Crippen molar-refractivity contribution in [3.8, 4) is 5.88 Å². The Morgan fingerprint density at radius 2 is 2.10 bits per heavy atom. The summed E-state index contributed by atoms with van der Waals surface area (Å²) in [4.78, 5) is 11.1. The quantitative estimate of drug-likeness (QED) is 0.880. The van der Waals surface area contributed by atoms with E-state index in [2.05, 4.69) is 35.5 Å². The summed E-state index contributed by atoms with van der Waals surface area (Å²) in [7, 11) is 1.62. The van der Waals surface area contributed by atoms with Gasteiger partial charge >= 0.3 is 0 Å². The van der Waals surface area contributed by atoms with Crippen molar-refractivity contribution >= 4 is 5.95 Å². The lowest BCUT2D eigenvalue weighted by atomic mass is 9.96. The third kappa shape index (κ3) is 2.54. The zero-order chi connectivity index (χ0) is 13.9. The van der Waals surface area contributed by atoms with Gasteiger partial charge in [0.25, 0.3) is 0 Å². The number of aryl methyl sites for hydroxylation is 1. The highest BCUT2D eigenvalue weighted by molar-refractivity contribution is 5.35. The van der Waals surface area contributed by atoms with Gasteiger partial charge in [-0.3, -0.25) is 0 Å². The van der Waals surface area contributed by atoms with Gasteiger partial charge in [0.15, 0.2) is 5.82 Å². The molecule has 0 aliphatic carbocycles. The van der Waals surface area contributed by atoms with Crippen molar-refractivity contribution < 1.29 is 4.74 Å². The Labute approximate surface area is 116 Å². The maximum atomic E-state index is 5.20. The predicted octanol–water partition coefficient (Wildman–Crippen LogP) is 0.691. The van der Waals surface area contributed by atoms with E-state index in [0.29, 0.717) is 11.8 Å². The van der Waals surface area contributed by atoms with Crippen LogP contribution in [-0.4, -0.2) is 50.8 Å². The van der Waals surface area contributed by atoms with E-state index in [0.717, 1.165) is 43.4 Å². The van der Waals surface area contributed by atoms with Gasteiger partial charge < -0.3 is 9.64 Å². The number of H-pyrrole nitrogens is 1. The first-order chi connectivity index (χ1) is 9.76. The number of tetrazole rings is 1. The molecule has 8 heteroatoms. The standard InChI is InChI=1S/C12H17N7O/c1-8-7-10(20-2)14-12(13-8)19-5-3-9(4-6-19)11-15-17-18-16-11/h7,9H,3-6H2,1-2H3,(H,15,16,17,18). The fourth-order valence-corrected chi connectivity index (χ4v) is 2.45. The van der Waals surface area contributed by atoms with Crippen molar-refractivity contribution in [3.05, 3.63) is 17.6 Å². The highest BCUT2D eigenvalue weighted by Crippen LogP contribution is 2.27. The molecule has 0 aromatic carbocycles. The van der Waals surface area contributed by atoms with E-state index >= 15 is 0 Å². The second kappa shape index (κ2) is 5.40. The normalized spacial score (nSPS) is 16.4. The van der Waals surface area contributed by atoms with Crippen LogP contribution in [0.2, 0.25) is 0 Å². The Balaban J connectivity index is 1.70. The highest BCUT2D eigenvalue weighted by atomic mass is 16.5. The topological polar surface area (TPSA) is 92.7 Å². The zero-order valence-corrected chi connectivity index (χ0v) is 11.6. The Morgan fingerprint density at radius 3 is 2.75 bits per heavy atom. The number of hydrogen-bond acceptors (Lipinski definition) is 7. The van der Waals surface area contributed by atoms with E-state index in [-0.39, 0.29) is 0 Å². The van der Waals surface area contributed by atoms with Crippen LogP contribution in [0.1, 0.15) is 30.3 Å². The van der Waals surface area contributed by atoms with Crippen LogP contribution >= 0.6 is 0 Å². The molecule has 0 amide bonds. The molecule has 20 heavy (non-hydrogen) atoms. The molecule has 8 nitrogen and oxygen atoms in total. The van der Waals surface area contributed by atoms with E-state index in [9.17, 15) is 0 Å². The van der Waals surface area contributed by atoms with Crippen molar-refractivity contribution in [2.24, 2.45) is 0 Å². The van der Waals surface area contributed by atoms with Crippen molar-refractivity contribution in [3.63, 3.8) is 0 Å². The number of anilines is 1. The second-order valence-corrected chi connectivity index (χ2v) is 4.88. The highest BCUT2D eigenvalue weighted by Gasteiger charge is 2.25. The fourth-order valence-electron chi connectivity index (χ4n) is 2.45. The molecule has 1 fully saturated rings. The summed E-state index contributed by atoms with van der Waals surface area (Å²) in [6.07, 6.45) is 1.94. The van der Waals surface area contributed by atoms with Crippen LogP contribution in [0.4, 0.5) is 5.95 Å². The molecule has 2 aromatic rings. The minimum Gasteiger partial charge on any atom is -0.481 e. The molecule has 1 aliphatic rings. The lowest BCUT2D eigenvalue weighted by Crippen LogP contribution is -2.34. The van der Waals surface area contributed by atoms with Crippen molar-refractivity contribution in [2.75, 3.05) is 25.1 Å². The summed E-state index contributed by atoms with van der Waals surface area (Å²) in [5.74, 6) is 2.49. The van der Waals surface area contributed by atoms with Crippen molar-refractivity contribution in [1.29, 1.82) is 0 Å². The summed E-state index contributed by atoms with van der Waals surface area (Å²) in [6.45, 7) is 3.71. The van der Waals surface area contributed by atoms with Crippen LogP contribution in [0.5, 0.6) is 5.88 Å². The molecule has 2 aromatic heterocycles. The van der Waals surface area contributed by atoms with Gasteiger partial charge in [-0.05, 0) is 19.8 Å². The van der Waals surface area contributed by atoms with E-state index in [4.69, 9.17) is 4.74 Å². The van der Waals surface area contributed by atoms with Gasteiger partial charge in [-0.1, -0.05) is 5.21 Å². The fraction of sp³-hybridized carbons (Fsp3) is 0.583. The molecular formula is C12H17N7O. The van der Waals surface area contributed by atoms with Crippen LogP contribution < -0.4 is 9.64 Å². The third-order valence-electron chi connectivity index (χ3n) is 3.53. The first-order valence-corrected chi connectivity index (χ1v) is 6.64. The first kappa shape index (κ1) is 12.8. The first-order valence-electron chi connectivity index (χ1n) is 6.64. The van der Waals surface area contributed by atoms with Gasteiger partial charge in [-0.2, -0.15) is 10.2 Å². The number of nitrogens with zero attached hydrogens (tertiary/aromatic N) is 6. The molecule has 0 spiro atoms. The number of piperidine rings is 1. The second-order valence-electron chi connectivity index (χ2n) is 4.88. The molecule has 1 aliphatic heterocycles. The summed E-state index contributed by atoms with van der Waals surface area (Å²) < 4.78 is 5.20.